The van der Waals surface area contributed by atoms with Crippen molar-refractivity contribution in [2.75, 3.05) is 32.7 Å². The molecule has 3 fully saturated rings. The van der Waals surface area contributed by atoms with Gasteiger partial charge in [-0.1, -0.05) is 20.8 Å². The first-order chi connectivity index (χ1) is 9.69. The molecule has 122 valence electrons. The van der Waals surface area contributed by atoms with Crippen LogP contribution in [0.15, 0.2) is 0 Å². The summed E-state index contributed by atoms with van der Waals surface area (Å²) in [5, 5.41) is 3.48. The average Bonchev–Trinajstić information content (AvgIpc) is 3.05. The van der Waals surface area contributed by atoms with E-state index in [-0.39, 0.29) is 0 Å². The van der Waals surface area contributed by atoms with Crippen molar-refractivity contribution >= 4 is 0 Å². The van der Waals surface area contributed by atoms with Gasteiger partial charge in [0.2, 0.25) is 0 Å². The van der Waals surface area contributed by atoms with Gasteiger partial charge in [-0.05, 0) is 44.4 Å². The summed E-state index contributed by atoms with van der Waals surface area (Å²) in [4.78, 5) is 5.59. The molecule has 2 heterocycles. The molecule has 0 bridgehead atoms. The van der Waals surface area contributed by atoms with Gasteiger partial charge in [0.25, 0.3) is 0 Å². The minimum Gasteiger partial charge on any atom is -0.314 e. The zero-order valence-corrected chi connectivity index (χ0v) is 14.9. The van der Waals surface area contributed by atoms with Crippen molar-refractivity contribution in [2.45, 2.75) is 65.6 Å². The number of likely N-dealkylation sites (tertiary alicyclic amines) is 1. The summed E-state index contributed by atoms with van der Waals surface area (Å²) in [6, 6.07) is 1.60. The molecule has 3 aliphatic rings. The quantitative estimate of drug-likeness (QED) is 0.843. The molecule has 21 heavy (non-hydrogen) atoms. The van der Waals surface area contributed by atoms with Crippen molar-refractivity contribution in [1.29, 1.82) is 0 Å². The molecule has 0 amide bonds. The Kier molecular flexibility index (Phi) is 3.91. The van der Waals surface area contributed by atoms with Crippen LogP contribution in [0.25, 0.3) is 0 Å². The normalized spacial score (nSPS) is 38.6. The standard InChI is InChI=1S/C18H35N3/c1-17(2,3)16-14(12-20-9-7-19-8-10-20)13-11-15(13)21(16)18(4,5)6/h13-16,19H,7-12H2,1-6H3/t13-,14?,15?,16+/m1/s1. The molecular formula is C18H35N3. The van der Waals surface area contributed by atoms with Crippen molar-refractivity contribution in [1.82, 2.24) is 15.1 Å². The summed E-state index contributed by atoms with van der Waals surface area (Å²) in [6.45, 7) is 20.7. The van der Waals surface area contributed by atoms with Crippen LogP contribution >= 0.6 is 0 Å². The number of piperazine rings is 1. The lowest BCUT2D eigenvalue weighted by Crippen LogP contribution is -2.56. The Hall–Kier alpha value is -0.120. The number of hydrogen-bond donors (Lipinski definition) is 1. The van der Waals surface area contributed by atoms with E-state index in [9.17, 15) is 0 Å². The van der Waals surface area contributed by atoms with E-state index in [2.05, 4.69) is 56.7 Å². The van der Waals surface area contributed by atoms with E-state index in [1.807, 2.05) is 0 Å². The molecule has 0 radical (unpaired) electrons. The predicted molar refractivity (Wildman–Crippen MR) is 89.5 cm³/mol. The van der Waals surface area contributed by atoms with Crippen LogP contribution < -0.4 is 5.32 Å². The molecule has 0 aromatic heterocycles. The Morgan fingerprint density at radius 2 is 1.62 bits per heavy atom. The first-order valence-electron chi connectivity index (χ1n) is 8.91. The Labute approximate surface area is 131 Å². The summed E-state index contributed by atoms with van der Waals surface area (Å²) in [7, 11) is 0. The second-order valence-corrected chi connectivity index (χ2v) is 9.57. The summed E-state index contributed by atoms with van der Waals surface area (Å²) in [5.74, 6) is 1.83. The second kappa shape index (κ2) is 5.21. The number of hydrogen-bond acceptors (Lipinski definition) is 3. The molecule has 0 aromatic rings. The number of fused-ring (bicyclic) bond motifs is 1. The van der Waals surface area contributed by atoms with E-state index >= 15 is 0 Å². The maximum absolute atomic E-state index is 3.48. The molecule has 4 atom stereocenters. The molecule has 3 heteroatoms. The van der Waals surface area contributed by atoms with E-state index in [0.717, 1.165) is 23.9 Å². The van der Waals surface area contributed by atoms with Crippen LogP contribution in [-0.4, -0.2) is 60.1 Å². The van der Waals surface area contributed by atoms with Gasteiger partial charge >= 0.3 is 0 Å². The van der Waals surface area contributed by atoms with Crippen LogP contribution in [0, 0.1) is 17.3 Å². The molecule has 1 saturated carbocycles. The van der Waals surface area contributed by atoms with E-state index in [1.165, 1.54) is 39.1 Å². The zero-order chi connectivity index (χ0) is 15.4. The predicted octanol–water partition coefficient (Wildman–Crippen LogP) is 2.43. The SMILES string of the molecule is CC(C)(C)[C@@H]1C(CN2CCNCC2)[C@H]2CC2N1C(C)(C)C. The van der Waals surface area contributed by atoms with E-state index in [4.69, 9.17) is 0 Å². The lowest BCUT2D eigenvalue weighted by Gasteiger charge is -2.48. The second-order valence-electron chi connectivity index (χ2n) is 9.57. The van der Waals surface area contributed by atoms with Crippen LogP contribution in [0.4, 0.5) is 0 Å². The highest BCUT2D eigenvalue weighted by Gasteiger charge is 2.63. The number of piperidine rings is 1. The minimum atomic E-state index is 0.301. The number of rotatable bonds is 2. The van der Waals surface area contributed by atoms with Crippen molar-refractivity contribution < 1.29 is 0 Å². The highest BCUT2D eigenvalue weighted by atomic mass is 15.3. The first kappa shape index (κ1) is 15.8. The summed E-state index contributed by atoms with van der Waals surface area (Å²) in [6.07, 6.45) is 1.45. The van der Waals surface area contributed by atoms with Gasteiger partial charge in [0.05, 0.1) is 0 Å². The van der Waals surface area contributed by atoms with E-state index in [1.54, 1.807) is 0 Å². The Morgan fingerprint density at radius 1 is 1.00 bits per heavy atom. The highest BCUT2D eigenvalue weighted by molar-refractivity contribution is 5.16. The minimum absolute atomic E-state index is 0.301. The van der Waals surface area contributed by atoms with Gasteiger partial charge in [-0.25, -0.2) is 0 Å². The fraction of sp³-hybridized carbons (Fsp3) is 1.00. The average molecular weight is 293 g/mol. The fourth-order valence-corrected chi connectivity index (χ4v) is 5.03. The maximum atomic E-state index is 3.48. The monoisotopic (exact) mass is 293 g/mol. The van der Waals surface area contributed by atoms with Gasteiger partial charge in [-0.2, -0.15) is 0 Å². The Morgan fingerprint density at radius 3 is 2.14 bits per heavy atom. The summed E-state index contributed by atoms with van der Waals surface area (Å²) >= 11 is 0. The van der Waals surface area contributed by atoms with Crippen LogP contribution in [0.3, 0.4) is 0 Å². The molecule has 1 aliphatic carbocycles. The van der Waals surface area contributed by atoms with E-state index < -0.39 is 0 Å². The summed E-state index contributed by atoms with van der Waals surface area (Å²) < 4.78 is 0. The Balaban J connectivity index is 1.78. The van der Waals surface area contributed by atoms with Crippen molar-refractivity contribution in [2.24, 2.45) is 17.3 Å². The highest BCUT2D eigenvalue weighted by Crippen LogP contribution is 2.58. The first-order valence-corrected chi connectivity index (χ1v) is 8.91. The van der Waals surface area contributed by atoms with Gasteiger partial charge in [0.15, 0.2) is 0 Å². The van der Waals surface area contributed by atoms with Gasteiger partial charge < -0.3 is 10.2 Å². The summed E-state index contributed by atoms with van der Waals surface area (Å²) in [5.41, 5.74) is 0.676. The molecular weight excluding hydrogens is 258 g/mol. The van der Waals surface area contributed by atoms with Crippen molar-refractivity contribution in [3.63, 3.8) is 0 Å². The van der Waals surface area contributed by atoms with Gasteiger partial charge in [0.1, 0.15) is 0 Å². The third-order valence-electron chi connectivity index (χ3n) is 5.76. The molecule has 2 aliphatic heterocycles. The van der Waals surface area contributed by atoms with Crippen LogP contribution in [0.5, 0.6) is 0 Å². The lowest BCUT2D eigenvalue weighted by molar-refractivity contribution is 0.00544. The molecule has 2 saturated heterocycles. The fourth-order valence-electron chi connectivity index (χ4n) is 5.03. The van der Waals surface area contributed by atoms with Gasteiger partial charge in [-0.15, -0.1) is 0 Å². The maximum Gasteiger partial charge on any atom is 0.0196 e. The number of nitrogens with one attached hydrogen (secondary N) is 1. The molecule has 0 aromatic carbocycles. The molecule has 2 unspecified atom stereocenters. The zero-order valence-electron chi connectivity index (χ0n) is 14.9. The van der Waals surface area contributed by atoms with Crippen LogP contribution in [0.2, 0.25) is 0 Å². The topological polar surface area (TPSA) is 18.5 Å². The largest absolute Gasteiger partial charge is 0.314 e. The van der Waals surface area contributed by atoms with Crippen LogP contribution in [0.1, 0.15) is 48.0 Å². The lowest BCUT2D eigenvalue weighted by atomic mass is 9.76. The Bertz CT molecular complexity index is 373. The van der Waals surface area contributed by atoms with Gasteiger partial charge in [0, 0.05) is 50.3 Å². The van der Waals surface area contributed by atoms with Gasteiger partial charge in [-0.3, -0.25) is 4.90 Å². The third kappa shape index (κ3) is 3.02. The van der Waals surface area contributed by atoms with E-state index in [0.29, 0.717) is 11.0 Å². The van der Waals surface area contributed by atoms with Crippen molar-refractivity contribution in [3.05, 3.63) is 0 Å². The van der Waals surface area contributed by atoms with Crippen LogP contribution in [-0.2, 0) is 0 Å². The van der Waals surface area contributed by atoms with Crippen molar-refractivity contribution in [3.8, 4) is 0 Å². The molecule has 3 rings (SSSR count). The smallest absolute Gasteiger partial charge is 0.0196 e. The molecule has 1 N–H and O–H groups in total. The third-order valence-corrected chi connectivity index (χ3v) is 5.76. The number of nitrogens with zero attached hydrogens (tertiary/aromatic N) is 2. The molecule has 3 nitrogen and oxygen atoms in total. The molecule has 0 spiro atoms.